The summed E-state index contributed by atoms with van der Waals surface area (Å²) in [4.78, 5) is 40.0. The number of hydrogen-bond acceptors (Lipinski definition) is 6. The zero-order valence-electron chi connectivity index (χ0n) is 20.0. The Morgan fingerprint density at radius 3 is 2.08 bits per heavy atom. The fourth-order valence-corrected chi connectivity index (χ4v) is 4.80. The number of benzene rings is 3. The van der Waals surface area contributed by atoms with Crippen molar-refractivity contribution in [3.05, 3.63) is 116 Å². The molecule has 186 valence electrons. The van der Waals surface area contributed by atoms with E-state index in [1.165, 1.54) is 15.2 Å². The number of rotatable bonds is 3. The van der Waals surface area contributed by atoms with Gasteiger partial charge in [0.05, 0.1) is 22.2 Å². The molecule has 0 saturated heterocycles. The van der Waals surface area contributed by atoms with Crippen LogP contribution in [0.3, 0.4) is 0 Å². The lowest BCUT2D eigenvalue weighted by molar-refractivity contribution is -0.116. The molecule has 38 heavy (non-hydrogen) atoms. The van der Waals surface area contributed by atoms with Gasteiger partial charge in [-0.05, 0) is 42.5 Å². The number of fused-ring (bicyclic) bond motifs is 2. The van der Waals surface area contributed by atoms with E-state index in [1.54, 1.807) is 79.8 Å². The summed E-state index contributed by atoms with van der Waals surface area (Å²) in [5.74, 6) is -1.35. The molecular weight excluding hydrogens is 484 g/mol. The Bertz CT molecular complexity index is 1980. The summed E-state index contributed by atoms with van der Waals surface area (Å²) in [5.41, 5.74) is 2.08. The van der Waals surface area contributed by atoms with Crippen molar-refractivity contribution in [3.63, 3.8) is 0 Å². The topological polar surface area (TPSA) is 126 Å². The lowest BCUT2D eigenvalue weighted by Crippen LogP contribution is -2.26. The maximum Gasteiger partial charge on any atom is 0.273 e. The van der Waals surface area contributed by atoms with Crippen LogP contribution in [0.25, 0.3) is 33.6 Å². The Balaban J connectivity index is 1.64. The molecular formula is C29H20N4O5. The number of hydrogen-bond donors (Lipinski definition) is 3. The fraction of sp³-hybridized carbons (Fsp3) is 0.0345. The number of nitrogens with one attached hydrogen (secondary N) is 1. The highest BCUT2D eigenvalue weighted by Crippen LogP contribution is 2.32. The van der Waals surface area contributed by atoms with E-state index in [1.807, 2.05) is 6.07 Å². The van der Waals surface area contributed by atoms with Gasteiger partial charge in [0.1, 0.15) is 22.8 Å². The summed E-state index contributed by atoms with van der Waals surface area (Å²) in [5, 5.41) is 27.0. The Hall–Kier alpha value is -5.44. The van der Waals surface area contributed by atoms with Crippen LogP contribution < -0.4 is 16.5 Å². The number of aryl methyl sites for hydroxylation is 1. The van der Waals surface area contributed by atoms with Crippen LogP contribution in [0.5, 0.6) is 11.5 Å². The second kappa shape index (κ2) is 8.59. The molecule has 3 N–H and O–H groups in total. The highest BCUT2D eigenvalue weighted by Gasteiger charge is 2.31. The number of nitrogens with zero attached hydrogens (tertiary/aromatic N) is 3. The van der Waals surface area contributed by atoms with Crippen molar-refractivity contribution in [1.29, 1.82) is 0 Å². The number of aromatic nitrogens is 2. The molecule has 0 spiro atoms. The van der Waals surface area contributed by atoms with E-state index in [0.29, 0.717) is 27.5 Å². The van der Waals surface area contributed by atoms with Crippen LogP contribution in [0, 0.1) is 0 Å². The van der Waals surface area contributed by atoms with Gasteiger partial charge in [-0.1, -0.05) is 42.5 Å². The zero-order valence-corrected chi connectivity index (χ0v) is 20.0. The first-order valence-corrected chi connectivity index (χ1v) is 11.7. The quantitative estimate of drug-likeness (QED) is 0.326. The van der Waals surface area contributed by atoms with Crippen molar-refractivity contribution >= 4 is 39.5 Å². The molecule has 0 fully saturated rings. The molecule has 0 aliphatic carbocycles. The van der Waals surface area contributed by atoms with Crippen LogP contribution in [0.2, 0.25) is 0 Å². The van der Waals surface area contributed by atoms with Crippen LogP contribution in [0.1, 0.15) is 11.1 Å². The maximum atomic E-state index is 13.8. The third-order valence-electron chi connectivity index (χ3n) is 6.67. The summed E-state index contributed by atoms with van der Waals surface area (Å²) >= 11 is 0. The van der Waals surface area contributed by atoms with Gasteiger partial charge in [0.25, 0.3) is 17.0 Å². The fourth-order valence-electron chi connectivity index (χ4n) is 4.80. The lowest BCUT2D eigenvalue weighted by Gasteiger charge is -2.14. The number of amides is 1. The average molecular weight is 505 g/mol. The van der Waals surface area contributed by atoms with E-state index in [4.69, 9.17) is 0 Å². The van der Waals surface area contributed by atoms with Gasteiger partial charge in [-0.25, -0.2) is 5.43 Å². The number of carbonyl (C=O) groups excluding carboxylic acids is 1. The molecule has 0 bridgehead atoms. The van der Waals surface area contributed by atoms with Crippen molar-refractivity contribution in [1.82, 2.24) is 14.6 Å². The molecule has 1 aliphatic rings. The first kappa shape index (κ1) is 23.0. The molecule has 6 rings (SSSR count). The van der Waals surface area contributed by atoms with Crippen molar-refractivity contribution < 1.29 is 15.0 Å². The molecule has 0 unspecified atom stereocenters. The molecule has 2 aromatic heterocycles. The molecule has 9 heteroatoms. The third kappa shape index (κ3) is 3.33. The third-order valence-corrected chi connectivity index (χ3v) is 6.67. The summed E-state index contributed by atoms with van der Waals surface area (Å²) in [6, 6.07) is 22.6. The van der Waals surface area contributed by atoms with Crippen molar-refractivity contribution in [3.8, 4) is 17.2 Å². The van der Waals surface area contributed by atoms with Gasteiger partial charge in [0.15, 0.2) is 0 Å². The molecule has 0 radical (unpaired) electrons. The number of aromatic hydroxyl groups is 2. The Morgan fingerprint density at radius 2 is 1.37 bits per heavy atom. The largest absolute Gasteiger partial charge is 0.506 e. The minimum atomic E-state index is -0.687. The monoisotopic (exact) mass is 504 g/mol. The predicted octanol–water partition coefficient (Wildman–Crippen LogP) is 3.17. The molecule has 1 aliphatic heterocycles. The van der Waals surface area contributed by atoms with Gasteiger partial charge in [0, 0.05) is 23.5 Å². The number of pyridine rings is 2. The summed E-state index contributed by atoms with van der Waals surface area (Å²) in [6.07, 6.45) is 1.21. The minimum Gasteiger partial charge on any atom is -0.506 e. The highest BCUT2D eigenvalue weighted by molar-refractivity contribution is 6.34. The van der Waals surface area contributed by atoms with E-state index < -0.39 is 17.0 Å². The molecule has 5 aromatic rings. The smallest absolute Gasteiger partial charge is 0.273 e. The summed E-state index contributed by atoms with van der Waals surface area (Å²) < 4.78 is 2.79. The standard InChI is InChI=1S/C29H20N4O5/c1-32-21-13-7-5-11-17(21)26(35)23(29(32)38)24-19(27(36)31-30-24)15-20-25(34)18-12-6-8-14-22(18)33(28(20)37)16-9-3-2-4-10-16/h2-15,34-35H,1H3,(H,31,36). The molecule has 0 saturated carbocycles. The van der Waals surface area contributed by atoms with Crippen molar-refractivity contribution in [2.24, 2.45) is 12.1 Å². The minimum absolute atomic E-state index is 0.128. The number of hydrazone groups is 1. The summed E-state index contributed by atoms with van der Waals surface area (Å²) in [7, 11) is 1.55. The zero-order chi connectivity index (χ0) is 26.6. The van der Waals surface area contributed by atoms with Crippen molar-refractivity contribution in [2.75, 3.05) is 0 Å². The van der Waals surface area contributed by atoms with Crippen LogP contribution >= 0.6 is 0 Å². The van der Waals surface area contributed by atoms with Gasteiger partial charge in [-0.15, -0.1) is 0 Å². The molecule has 0 atom stereocenters. The molecule has 9 nitrogen and oxygen atoms in total. The van der Waals surface area contributed by atoms with Crippen LogP contribution in [-0.4, -0.2) is 31.0 Å². The lowest BCUT2D eigenvalue weighted by atomic mass is 9.98. The van der Waals surface area contributed by atoms with E-state index >= 15 is 0 Å². The normalized spacial score (nSPS) is 14.3. The molecule has 3 aromatic carbocycles. The molecule has 1 amide bonds. The Labute approximate surface area is 214 Å². The Morgan fingerprint density at radius 1 is 0.763 bits per heavy atom. The first-order valence-electron chi connectivity index (χ1n) is 11.7. The van der Waals surface area contributed by atoms with Crippen molar-refractivity contribution in [2.45, 2.75) is 0 Å². The second-order valence-electron chi connectivity index (χ2n) is 8.82. The molecule has 3 heterocycles. The number of para-hydroxylation sites is 3. The summed E-state index contributed by atoms with van der Waals surface area (Å²) in [6.45, 7) is 0. The first-order chi connectivity index (χ1) is 18.4. The van der Waals surface area contributed by atoms with Gasteiger partial charge in [-0.2, -0.15) is 5.10 Å². The van der Waals surface area contributed by atoms with Crippen LogP contribution in [0.4, 0.5) is 0 Å². The van der Waals surface area contributed by atoms with Gasteiger partial charge >= 0.3 is 0 Å². The van der Waals surface area contributed by atoms with Crippen LogP contribution in [-0.2, 0) is 11.8 Å². The number of carbonyl (C=O) groups is 1. The Kier molecular flexibility index (Phi) is 5.20. The average Bonchev–Trinajstić information content (AvgIpc) is 3.30. The second-order valence-corrected chi connectivity index (χ2v) is 8.82. The highest BCUT2D eigenvalue weighted by atomic mass is 16.3. The SMILES string of the molecule is Cn1c(=O)c(C2=NNC(=O)C2=Cc2c(O)c3ccccc3n(-c3ccccc3)c2=O)c(O)c2ccccc21. The van der Waals surface area contributed by atoms with E-state index in [2.05, 4.69) is 10.5 Å². The van der Waals surface area contributed by atoms with Gasteiger partial charge in [0.2, 0.25) is 0 Å². The van der Waals surface area contributed by atoms with Crippen LogP contribution in [0.15, 0.2) is 99.1 Å². The van der Waals surface area contributed by atoms with Gasteiger partial charge in [-0.3, -0.25) is 19.0 Å². The van der Waals surface area contributed by atoms with E-state index in [0.717, 1.165) is 0 Å². The van der Waals surface area contributed by atoms with E-state index in [9.17, 15) is 24.6 Å². The van der Waals surface area contributed by atoms with Gasteiger partial charge < -0.3 is 14.8 Å². The predicted molar refractivity (Wildman–Crippen MR) is 145 cm³/mol. The maximum absolute atomic E-state index is 13.8. The van der Waals surface area contributed by atoms with E-state index in [-0.39, 0.29) is 33.9 Å².